The summed E-state index contributed by atoms with van der Waals surface area (Å²) in [5, 5.41) is 4.60. The van der Waals surface area contributed by atoms with Gasteiger partial charge in [0.05, 0.1) is 24.8 Å². The topological polar surface area (TPSA) is 52.1 Å². The average molecular weight is 274 g/mol. The van der Waals surface area contributed by atoms with Crippen LogP contribution in [0.2, 0.25) is 0 Å². The molecule has 0 radical (unpaired) electrons. The van der Waals surface area contributed by atoms with E-state index in [2.05, 4.69) is 10.3 Å². The highest BCUT2D eigenvalue weighted by atomic mass is 32.2. The molecule has 0 aromatic heterocycles. The Morgan fingerprint density at radius 1 is 1.44 bits per heavy atom. The quantitative estimate of drug-likeness (QED) is 0.807. The molecule has 2 aliphatic rings. The predicted molar refractivity (Wildman–Crippen MR) is 73.4 cm³/mol. The van der Waals surface area contributed by atoms with Gasteiger partial charge in [-0.2, -0.15) is 0 Å². The lowest BCUT2D eigenvalue weighted by molar-refractivity contribution is 0.0343. The van der Waals surface area contributed by atoms with E-state index in [9.17, 15) is 0 Å². The molecule has 0 aliphatic carbocycles. The van der Waals surface area contributed by atoms with Gasteiger partial charge in [-0.1, -0.05) is 11.8 Å². The lowest BCUT2D eigenvalue weighted by atomic mass is 9.93. The van der Waals surface area contributed by atoms with Crippen LogP contribution in [0.25, 0.3) is 0 Å². The molecule has 1 unspecified atom stereocenters. The molecular weight excluding hydrogens is 252 g/mol. The van der Waals surface area contributed by atoms with Crippen molar-refractivity contribution >= 4 is 16.9 Å². The van der Waals surface area contributed by atoms with Crippen LogP contribution < -0.4 is 5.32 Å². The number of hydrogen-bond donors (Lipinski definition) is 1. The minimum Gasteiger partial charge on any atom is -0.382 e. The molecule has 104 valence electrons. The summed E-state index contributed by atoms with van der Waals surface area (Å²) in [4.78, 5) is 4.59. The molecule has 1 N–H and O–H groups in total. The van der Waals surface area contributed by atoms with E-state index in [4.69, 9.17) is 14.2 Å². The van der Waals surface area contributed by atoms with Gasteiger partial charge in [-0.25, -0.2) is 0 Å². The highest BCUT2D eigenvalue weighted by Gasteiger charge is 2.38. The number of amidine groups is 1. The Bertz CT molecular complexity index is 293. The summed E-state index contributed by atoms with van der Waals surface area (Å²) < 4.78 is 15.8. The van der Waals surface area contributed by atoms with Crippen molar-refractivity contribution in [3.63, 3.8) is 0 Å². The Labute approximate surface area is 113 Å². The smallest absolute Gasteiger partial charge is 0.157 e. The molecule has 5 nitrogen and oxygen atoms in total. The van der Waals surface area contributed by atoms with Gasteiger partial charge in [0.15, 0.2) is 5.17 Å². The number of methoxy groups -OCH3 is 2. The zero-order valence-corrected chi connectivity index (χ0v) is 11.9. The van der Waals surface area contributed by atoms with Crippen molar-refractivity contribution in [2.45, 2.75) is 24.5 Å². The number of thioether (sulfide) groups is 1. The molecule has 1 atom stereocenters. The van der Waals surface area contributed by atoms with Gasteiger partial charge in [0.25, 0.3) is 0 Å². The molecule has 0 aromatic carbocycles. The van der Waals surface area contributed by atoms with Crippen LogP contribution in [0.3, 0.4) is 0 Å². The Balaban J connectivity index is 1.83. The second-order valence-corrected chi connectivity index (χ2v) is 5.73. The fourth-order valence-corrected chi connectivity index (χ4v) is 3.42. The number of nitrogens with one attached hydrogen (secondary N) is 1. The molecule has 1 spiro atoms. The van der Waals surface area contributed by atoms with E-state index in [1.807, 2.05) is 0 Å². The molecule has 6 heteroatoms. The van der Waals surface area contributed by atoms with Crippen LogP contribution in [0.15, 0.2) is 4.99 Å². The van der Waals surface area contributed by atoms with Gasteiger partial charge in [-0.05, 0) is 12.8 Å². The van der Waals surface area contributed by atoms with Gasteiger partial charge < -0.3 is 19.5 Å². The van der Waals surface area contributed by atoms with E-state index in [0.29, 0.717) is 13.2 Å². The van der Waals surface area contributed by atoms with E-state index < -0.39 is 0 Å². The van der Waals surface area contributed by atoms with Crippen LogP contribution in [-0.2, 0) is 14.2 Å². The van der Waals surface area contributed by atoms with Crippen LogP contribution in [-0.4, -0.2) is 63.1 Å². The second kappa shape index (κ2) is 6.75. The fraction of sp³-hybridized carbons (Fsp3) is 0.917. The van der Waals surface area contributed by atoms with Crippen LogP contribution in [0.5, 0.6) is 0 Å². The summed E-state index contributed by atoms with van der Waals surface area (Å²) in [7, 11) is 3.37. The van der Waals surface area contributed by atoms with Gasteiger partial charge in [-0.15, -0.1) is 0 Å². The van der Waals surface area contributed by atoms with E-state index in [-0.39, 0.29) is 11.6 Å². The zero-order chi connectivity index (χ0) is 12.8. The maximum atomic E-state index is 5.41. The molecule has 2 aliphatic heterocycles. The normalized spacial score (nSPS) is 26.4. The van der Waals surface area contributed by atoms with Crippen molar-refractivity contribution in [3.05, 3.63) is 0 Å². The lowest BCUT2D eigenvalue weighted by Crippen LogP contribution is -2.48. The third-order valence-corrected chi connectivity index (χ3v) is 4.63. The molecular formula is C12H22N2O3S. The van der Waals surface area contributed by atoms with Gasteiger partial charge in [0, 0.05) is 33.2 Å². The highest BCUT2D eigenvalue weighted by Crippen LogP contribution is 2.31. The van der Waals surface area contributed by atoms with Gasteiger partial charge in [0.1, 0.15) is 0 Å². The largest absolute Gasteiger partial charge is 0.382 e. The summed E-state index contributed by atoms with van der Waals surface area (Å²) >= 11 is 1.81. The fourth-order valence-electron chi connectivity index (χ4n) is 2.19. The molecule has 2 rings (SSSR count). The molecule has 2 saturated heterocycles. The summed E-state index contributed by atoms with van der Waals surface area (Å²) in [5.74, 6) is 1.09. The first-order chi connectivity index (χ1) is 8.78. The maximum Gasteiger partial charge on any atom is 0.157 e. The number of ether oxygens (including phenoxy) is 3. The Morgan fingerprint density at radius 3 is 2.89 bits per heavy atom. The molecule has 0 aromatic rings. The van der Waals surface area contributed by atoms with Gasteiger partial charge in [-0.3, -0.25) is 4.99 Å². The number of nitrogens with zero attached hydrogens (tertiary/aromatic N) is 1. The Kier molecular flexibility index (Phi) is 5.29. The minimum atomic E-state index is 0.0381. The standard InChI is InChI=1S/C12H22N2O3S/c1-15-8-10(16-2)7-13-11-14-12(9-18-11)3-5-17-6-4-12/h10H,3-9H2,1-2H3,(H,13,14). The van der Waals surface area contributed by atoms with Gasteiger partial charge in [0.2, 0.25) is 0 Å². The molecule has 2 fully saturated rings. The summed E-state index contributed by atoms with van der Waals surface area (Å²) in [6.07, 6.45) is 2.19. The summed E-state index contributed by atoms with van der Waals surface area (Å²) in [5.41, 5.74) is 0.214. The Morgan fingerprint density at radius 2 is 2.22 bits per heavy atom. The molecule has 0 amide bonds. The van der Waals surface area contributed by atoms with E-state index in [1.54, 1.807) is 26.0 Å². The van der Waals surface area contributed by atoms with Crippen LogP contribution >= 0.6 is 11.8 Å². The first-order valence-corrected chi connectivity index (χ1v) is 7.31. The number of aliphatic imine (C=N–C) groups is 1. The monoisotopic (exact) mass is 274 g/mol. The summed E-state index contributed by atoms with van der Waals surface area (Å²) in [6, 6.07) is 0. The van der Waals surface area contributed by atoms with Crippen molar-refractivity contribution < 1.29 is 14.2 Å². The maximum absolute atomic E-state index is 5.41. The van der Waals surface area contributed by atoms with E-state index >= 15 is 0 Å². The van der Waals surface area contributed by atoms with Crippen molar-refractivity contribution in [2.24, 2.45) is 4.99 Å². The highest BCUT2D eigenvalue weighted by molar-refractivity contribution is 8.14. The molecule has 0 saturated carbocycles. The Hall–Kier alpha value is -0.300. The predicted octanol–water partition coefficient (Wildman–Crippen LogP) is 0.889. The first kappa shape index (κ1) is 14.1. The van der Waals surface area contributed by atoms with Crippen molar-refractivity contribution in [1.29, 1.82) is 0 Å². The third-order valence-electron chi connectivity index (χ3n) is 3.43. The van der Waals surface area contributed by atoms with Crippen LogP contribution in [0.4, 0.5) is 0 Å². The van der Waals surface area contributed by atoms with E-state index in [1.165, 1.54) is 0 Å². The van der Waals surface area contributed by atoms with Crippen molar-refractivity contribution in [2.75, 3.05) is 46.3 Å². The van der Waals surface area contributed by atoms with Gasteiger partial charge >= 0.3 is 0 Å². The molecule has 2 heterocycles. The molecule has 18 heavy (non-hydrogen) atoms. The number of rotatable bonds is 5. The minimum absolute atomic E-state index is 0.0381. The zero-order valence-electron chi connectivity index (χ0n) is 11.1. The van der Waals surface area contributed by atoms with Crippen molar-refractivity contribution in [1.82, 2.24) is 5.32 Å². The average Bonchev–Trinajstić information content (AvgIpc) is 2.78. The van der Waals surface area contributed by atoms with Crippen molar-refractivity contribution in [3.8, 4) is 0 Å². The summed E-state index contributed by atoms with van der Waals surface area (Å²) in [6.45, 7) is 2.93. The number of hydrogen-bond acceptors (Lipinski definition) is 5. The van der Waals surface area contributed by atoms with Crippen LogP contribution in [0, 0.1) is 0 Å². The lowest BCUT2D eigenvalue weighted by Gasteiger charge is -2.32. The SMILES string of the molecule is COCC(CN=C1NC2(CCOCC2)CS1)OC. The third kappa shape index (κ3) is 3.60. The van der Waals surface area contributed by atoms with Crippen LogP contribution in [0.1, 0.15) is 12.8 Å². The molecule has 0 bridgehead atoms. The first-order valence-electron chi connectivity index (χ1n) is 6.33. The van der Waals surface area contributed by atoms with E-state index in [0.717, 1.165) is 37.0 Å². The second-order valence-electron chi connectivity index (χ2n) is 4.77.